The van der Waals surface area contributed by atoms with E-state index in [4.69, 9.17) is 18.0 Å². The van der Waals surface area contributed by atoms with E-state index < -0.39 is 15.3 Å². The summed E-state index contributed by atoms with van der Waals surface area (Å²) in [5.41, 5.74) is 5.47. The van der Waals surface area contributed by atoms with Gasteiger partial charge in [0.2, 0.25) is 10.0 Å². The minimum Gasteiger partial charge on any atom is -0.392 e. The van der Waals surface area contributed by atoms with E-state index in [9.17, 15) is 8.42 Å². The predicted molar refractivity (Wildman–Crippen MR) is 79.0 cm³/mol. The van der Waals surface area contributed by atoms with Crippen molar-refractivity contribution in [2.45, 2.75) is 51.2 Å². The van der Waals surface area contributed by atoms with Gasteiger partial charge in [-0.1, -0.05) is 32.0 Å². The molecule has 0 spiro atoms. The fraction of sp³-hybridized carbons (Fsp3) is 0.917. The van der Waals surface area contributed by atoms with E-state index in [-0.39, 0.29) is 4.99 Å². The van der Waals surface area contributed by atoms with Crippen LogP contribution in [0, 0.1) is 5.92 Å². The normalized spacial score (nSPS) is 24.4. The molecule has 0 bridgehead atoms. The minimum absolute atomic E-state index is 0.0596. The molecule has 1 aliphatic rings. The van der Waals surface area contributed by atoms with Gasteiger partial charge in [-0.15, -0.1) is 0 Å². The Balaban J connectivity index is 2.70. The number of rotatable bonds is 5. The van der Waals surface area contributed by atoms with Crippen molar-refractivity contribution in [2.75, 3.05) is 13.1 Å². The van der Waals surface area contributed by atoms with Crippen LogP contribution in [-0.4, -0.2) is 36.1 Å². The molecule has 1 saturated heterocycles. The Morgan fingerprint density at radius 2 is 2.11 bits per heavy atom. The molecule has 1 aliphatic heterocycles. The van der Waals surface area contributed by atoms with Gasteiger partial charge in [-0.3, -0.25) is 0 Å². The van der Waals surface area contributed by atoms with Gasteiger partial charge in [-0.25, -0.2) is 12.7 Å². The van der Waals surface area contributed by atoms with Crippen LogP contribution in [0.4, 0.5) is 0 Å². The first kappa shape index (κ1) is 15.9. The monoisotopic (exact) mass is 292 g/mol. The highest BCUT2D eigenvalue weighted by molar-refractivity contribution is 7.92. The average molecular weight is 292 g/mol. The molecule has 0 aromatic carbocycles. The fourth-order valence-electron chi connectivity index (χ4n) is 2.46. The third kappa shape index (κ3) is 3.90. The summed E-state index contributed by atoms with van der Waals surface area (Å²) in [7, 11) is -3.36. The molecule has 0 aromatic rings. The molecular formula is C12H24N2O2S2. The molecule has 6 heteroatoms. The van der Waals surface area contributed by atoms with Gasteiger partial charge in [0.25, 0.3) is 0 Å². The molecule has 0 amide bonds. The van der Waals surface area contributed by atoms with E-state index in [1.807, 2.05) is 0 Å². The molecular weight excluding hydrogens is 268 g/mol. The third-order valence-electron chi connectivity index (χ3n) is 3.71. The lowest BCUT2D eigenvalue weighted by molar-refractivity contribution is 0.399. The molecule has 1 heterocycles. The summed E-state index contributed by atoms with van der Waals surface area (Å²) in [6, 6.07) is 0. The zero-order valence-corrected chi connectivity index (χ0v) is 12.9. The molecule has 2 N–H and O–H groups in total. The Morgan fingerprint density at radius 3 is 2.67 bits per heavy atom. The maximum absolute atomic E-state index is 12.3. The zero-order chi connectivity index (χ0) is 13.8. The van der Waals surface area contributed by atoms with Crippen LogP contribution in [0.1, 0.15) is 46.0 Å². The van der Waals surface area contributed by atoms with Crippen LogP contribution in [0.3, 0.4) is 0 Å². The Morgan fingerprint density at radius 1 is 1.44 bits per heavy atom. The molecule has 2 unspecified atom stereocenters. The van der Waals surface area contributed by atoms with Crippen LogP contribution in [0.15, 0.2) is 0 Å². The molecule has 0 aliphatic carbocycles. The predicted octanol–water partition coefficient (Wildman–Crippen LogP) is 1.89. The largest absolute Gasteiger partial charge is 0.392 e. The van der Waals surface area contributed by atoms with E-state index in [1.165, 1.54) is 12.8 Å². The third-order valence-corrected chi connectivity index (χ3v) is 6.45. The van der Waals surface area contributed by atoms with Crippen LogP contribution >= 0.6 is 12.2 Å². The van der Waals surface area contributed by atoms with Crippen molar-refractivity contribution in [1.82, 2.24) is 4.31 Å². The second kappa shape index (κ2) is 6.82. The van der Waals surface area contributed by atoms with E-state index in [2.05, 4.69) is 6.92 Å². The van der Waals surface area contributed by atoms with Crippen molar-refractivity contribution in [1.29, 1.82) is 0 Å². The highest BCUT2D eigenvalue weighted by Gasteiger charge is 2.31. The first-order chi connectivity index (χ1) is 8.39. The van der Waals surface area contributed by atoms with Gasteiger partial charge in [0.1, 0.15) is 5.25 Å². The number of hydrogen-bond donors (Lipinski definition) is 1. The highest BCUT2D eigenvalue weighted by Crippen LogP contribution is 2.24. The summed E-state index contributed by atoms with van der Waals surface area (Å²) in [5.74, 6) is 0.662. The van der Waals surface area contributed by atoms with Crippen LogP contribution in [0.2, 0.25) is 0 Å². The van der Waals surface area contributed by atoms with Gasteiger partial charge >= 0.3 is 0 Å². The van der Waals surface area contributed by atoms with Crippen LogP contribution in [0.5, 0.6) is 0 Å². The van der Waals surface area contributed by atoms with E-state index in [0.29, 0.717) is 19.0 Å². The Bertz CT molecular complexity index is 382. The lowest BCUT2D eigenvalue weighted by Gasteiger charge is -2.23. The van der Waals surface area contributed by atoms with E-state index in [1.54, 1.807) is 11.2 Å². The molecule has 0 saturated carbocycles. The zero-order valence-electron chi connectivity index (χ0n) is 11.3. The lowest BCUT2D eigenvalue weighted by atomic mass is 9.96. The van der Waals surface area contributed by atoms with Crippen molar-refractivity contribution in [3.05, 3.63) is 0 Å². The Kier molecular flexibility index (Phi) is 6.01. The standard InChI is InChI=1S/C12H24N2O2S2/c1-3-5-11-6-4-8-14(9-7-11)18(15,16)10(2)12(13)17/h10-11H,3-9H2,1-2H3,(H2,13,17). The molecule has 0 aromatic heterocycles. The van der Waals surface area contributed by atoms with Crippen LogP contribution < -0.4 is 5.73 Å². The highest BCUT2D eigenvalue weighted by atomic mass is 32.2. The summed E-state index contributed by atoms with van der Waals surface area (Å²) in [6.45, 7) is 4.97. The average Bonchev–Trinajstić information content (AvgIpc) is 2.54. The smallest absolute Gasteiger partial charge is 0.223 e. The van der Waals surface area contributed by atoms with Gasteiger partial charge in [0.15, 0.2) is 0 Å². The fourth-order valence-corrected chi connectivity index (χ4v) is 4.31. The molecule has 106 valence electrons. The molecule has 1 fully saturated rings. The van der Waals surface area contributed by atoms with E-state index >= 15 is 0 Å². The van der Waals surface area contributed by atoms with Crippen molar-refractivity contribution in [2.24, 2.45) is 11.7 Å². The summed E-state index contributed by atoms with van der Waals surface area (Å²) in [5, 5.41) is -0.754. The molecule has 4 nitrogen and oxygen atoms in total. The van der Waals surface area contributed by atoms with Crippen molar-refractivity contribution >= 4 is 27.2 Å². The summed E-state index contributed by atoms with van der Waals surface area (Å²) >= 11 is 4.81. The summed E-state index contributed by atoms with van der Waals surface area (Å²) < 4.78 is 26.2. The van der Waals surface area contributed by atoms with Gasteiger partial charge in [-0.05, 0) is 32.1 Å². The molecule has 0 radical (unpaired) electrons. The van der Waals surface area contributed by atoms with Crippen molar-refractivity contribution < 1.29 is 8.42 Å². The molecule has 1 rings (SSSR count). The topological polar surface area (TPSA) is 63.4 Å². The number of nitrogens with zero attached hydrogens (tertiary/aromatic N) is 1. The number of hydrogen-bond acceptors (Lipinski definition) is 3. The first-order valence-corrected chi connectivity index (χ1v) is 8.59. The molecule has 18 heavy (non-hydrogen) atoms. The first-order valence-electron chi connectivity index (χ1n) is 6.67. The van der Waals surface area contributed by atoms with Crippen LogP contribution in [-0.2, 0) is 10.0 Å². The minimum atomic E-state index is -3.36. The van der Waals surface area contributed by atoms with Crippen molar-refractivity contribution in [3.8, 4) is 0 Å². The van der Waals surface area contributed by atoms with Crippen molar-refractivity contribution in [3.63, 3.8) is 0 Å². The van der Waals surface area contributed by atoms with Gasteiger partial charge < -0.3 is 5.73 Å². The van der Waals surface area contributed by atoms with Gasteiger partial charge in [0.05, 0.1) is 4.99 Å². The lowest BCUT2D eigenvalue weighted by Crippen LogP contribution is -2.43. The van der Waals surface area contributed by atoms with Crippen LogP contribution in [0.25, 0.3) is 0 Å². The second-order valence-electron chi connectivity index (χ2n) is 5.07. The maximum atomic E-state index is 12.3. The maximum Gasteiger partial charge on any atom is 0.223 e. The Labute approximate surface area is 116 Å². The summed E-state index contributed by atoms with van der Waals surface area (Å²) in [4.78, 5) is 0.0596. The second-order valence-corrected chi connectivity index (χ2v) is 7.80. The number of thiocarbonyl (C=S) groups is 1. The number of nitrogens with two attached hydrogens (primary N) is 1. The number of sulfonamides is 1. The summed E-state index contributed by atoms with van der Waals surface area (Å²) in [6.07, 6.45) is 5.38. The van der Waals surface area contributed by atoms with E-state index in [0.717, 1.165) is 19.3 Å². The van der Waals surface area contributed by atoms with Gasteiger partial charge in [0, 0.05) is 13.1 Å². The van der Waals surface area contributed by atoms with Gasteiger partial charge in [-0.2, -0.15) is 0 Å². The SMILES string of the molecule is CCCC1CCCN(S(=O)(=O)C(C)C(N)=S)CC1. The Hall–Kier alpha value is -0.200. The quantitative estimate of drug-likeness (QED) is 0.786. The molecule has 2 atom stereocenters.